The molecule has 0 radical (unpaired) electrons. The highest BCUT2D eigenvalue weighted by atomic mass is 19.1. The van der Waals surface area contributed by atoms with E-state index in [4.69, 9.17) is 4.74 Å². The second-order valence-corrected chi connectivity index (χ2v) is 4.67. The maximum atomic E-state index is 13.7. The number of rotatable bonds is 1. The number of alkyl halides is 1. The molecule has 0 amide bonds. The van der Waals surface area contributed by atoms with Gasteiger partial charge in [0, 0.05) is 44.0 Å². The Kier molecular flexibility index (Phi) is 2.32. The van der Waals surface area contributed by atoms with Gasteiger partial charge in [-0.15, -0.1) is 0 Å². The Morgan fingerprint density at radius 1 is 1.44 bits per heavy atom. The largest absolute Gasteiger partial charge is 0.373 e. The Hall–Kier alpha value is -1.16. The quantitative estimate of drug-likeness (QED) is 0.724. The van der Waals surface area contributed by atoms with Crippen LogP contribution in [0.4, 0.5) is 10.1 Å². The summed E-state index contributed by atoms with van der Waals surface area (Å²) in [6.45, 7) is 2.05. The molecular weight excluding hydrogens is 207 g/mol. The molecule has 0 N–H and O–H groups in total. The van der Waals surface area contributed by atoms with Gasteiger partial charge in [0.05, 0.1) is 12.2 Å². The standard InChI is InChI=1S/C12H15FN2O/c13-10-7-12(3-6-16-12)9-15(8-10)11-1-4-14-5-2-11/h1-2,4-5,10H,3,6-9H2/t10?,12-/m1/s1. The van der Waals surface area contributed by atoms with E-state index in [1.54, 1.807) is 12.4 Å². The predicted octanol–water partition coefficient (Wildman–Crippen LogP) is 1.79. The number of anilines is 1. The van der Waals surface area contributed by atoms with Gasteiger partial charge in [-0.1, -0.05) is 0 Å². The molecule has 2 fully saturated rings. The van der Waals surface area contributed by atoms with Crippen molar-refractivity contribution in [3.8, 4) is 0 Å². The fourth-order valence-electron chi connectivity index (χ4n) is 2.61. The Labute approximate surface area is 94.2 Å². The lowest BCUT2D eigenvalue weighted by Crippen LogP contribution is -2.59. The zero-order valence-corrected chi connectivity index (χ0v) is 9.10. The second kappa shape index (κ2) is 3.70. The lowest BCUT2D eigenvalue weighted by Gasteiger charge is -2.50. The van der Waals surface area contributed by atoms with Crippen molar-refractivity contribution in [1.82, 2.24) is 4.98 Å². The minimum absolute atomic E-state index is 0.221. The molecule has 1 spiro atoms. The molecule has 4 heteroatoms. The van der Waals surface area contributed by atoms with Gasteiger partial charge in [0.25, 0.3) is 0 Å². The van der Waals surface area contributed by atoms with Crippen LogP contribution in [0, 0.1) is 0 Å². The Morgan fingerprint density at radius 3 is 2.81 bits per heavy atom. The van der Waals surface area contributed by atoms with Crippen LogP contribution in [0.3, 0.4) is 0 Å². The van der Waals surface area contributed by atoms with Gasteiger partial charge in [-0.3, -0.25) is 4.98 Å². The molecule has 1 aromatic rings. The molecule has 2 atom stereocenters. The maximum Gasteiger partial charge on any atom is 0.120 e. The van der Waals surface area contributed by atoms with Crippen LogP contribution < -0.4 is 4.90 Å². The summed E-state index contributed by atoms with van der Waals surface area (Å²) < 4.78 is 19.3. The van der Waals surface area contributed by atoms with Crippen LogP contribution in [0.25, 0.3) is 0 Å². The molecule has 3 heterocycles. The van der Waals surface area contributed by atoms with Crippen molar-refractivity contribution in [3.63, 3.8) is 0 Å². The highest BCUT2D eigenvalue weighted by Crippen LogP contribution is 2.37. The molecule has 16 heavy (non-hydrogen) atoms. The third-order valence-electron chi connectivity index (χ3n) is 3.48. The van der Waals surface area contributed by atoms with Gasteiger partial charge in [-0.05, 0) is 12.1 Å². The first kappa shape index (κ1) is 10.0. The Bertz CT molecular complexity index is 367. The van der Waals surface area contributed by atoms with Gasteiger partial charge in [0.1, 0.15) is 6.17 Å². The van der Waals surface area contributed by atoms with Crippen LogP contribution in [-0.2, 0) is 4.74 Å². The lowest BCUT2D eigenvalue weighted by atomic mass is 9.85. The summed E-state index contributed by atoms with van der Waals surface area (Å²) in [5.41, 5.74) is 0.813. The van der Waals surface area contributed by atoms with Crippen molar-refractivity contribution in [1.29, 1.82) is 0 Å². The summed E-state index contributed by atoms with van der Waals surface area (Å²) in [4.78, 5) is 6.04. The zero-order valence-electron chi connectivity index (χ0n) is 9.10. The van der Waals surface area contributed by atoms with Gasteiger partial charge < -0.3 is 9.64 Å². The molecule has 0 saturated carbocycles. The minimum atomic E-state index is -0.790. The van der Waals surface area contributed by atoms with Crippen molar-refractivity contribution in [2.45, 2.75) is 24.6 Å². The summed E-state index contributed by atoms with van der Waals surface area (Å²) in [6, 6.07) is 3.84. The first-order valence-corrected chi connectivity index (χ1v) is 5.70. The highest BCUT2D eigenvalue weighted by Gasteiger charge is 2.45. The van der Waals surface area contributed by atoms with Crippen LogP contribution in [0.2, 0.25) is 0 Å². The fraction of sp³-hybridized carbons (Fsp3) is 0.583. The number of nitrogens with zero attached hydrogens (tertiary/aromatic N) is 2. The number of aromatic nitrogens is 1. The van der Waals surface area contributed by atoms with Crippen molar-refractivity contribution >= 4 is 5.69 Å². The molecule has 2 aliphatic rings. The van der Waals surface area contributed by atoms with E-state index in [1.165, 1.54) is 0 Å². The number of hydrogen-bond donors (Lipinski definition) is 0. The van der Waals surface area contributed by atoms with E-state index in [-0.39, 0.29) is 5.60 Å². The average Bonchev–Trinajstić information content (AvgIpc) is 2.27. The predicted molar refractivity (Wildman–Crippen MR) is 59.3 cm³/mol. The van der Waals surface area contributed by atoms with E-state index >= 15 is 0 Å². The third-order valence-corrected chi connectivity index (χ3v) is 3.48. The SMILES string of the molecule is FC1CN(c2ccncc2)C[C@@]2(CCO2)C1. The summed E-state index contributed by atoms with van der Waals surface area (Å²) in [5, 5.41) is 0. The molecule has 1 unspecified atom stereocenters. The summed E-state index contributed by atoms with van der Waals surface area (Å²) in [6.07, 6.45) is 4.22. The highest BCUT2D eigenvalue weighted by molar-refractivity contribution is 5.46. The van der Waals surface area contributed by atoms with Crippen LogP contribution >= 0.6 is 0 Å². The number of ether oxygens (including phenoxy) is 1. The summed E-state index contributed by atoms with van der Waals surface area (Å²) in [5.74, 6) is 0. The van der Waals surface area contributed by atoms with E-state index in [2.05, 4.69) is 9.88 Å². The Balaban J connectivity index is 1.80. The number of halogens is 1. The second-order valence-electron chi connectivity index (χ2n) is 4.67. The Morgan fingerprint density at radius 2 is 2.19 bits per heavy atom. The van der Waals surface area contributed by atoms with E-state index in [9.17, 15) is 4.39 Å². The maximum absolute atomic E-state index is 13.7. The molecule has 0 aromatic carbocycles. The van der Waals surface area contributed by atoms with Gasteiger partial charge in [-0.2, -0.15) is 0 Å². The lowest BCUT2D eigenvalue weighted by molar-refractivity contribution is -0.160. The van der Waals surface area contributed by atoms with E-state index < -0.39 is 6.17 Å². The molecule has 86 valence electrons. The monoisotopic (exact) mass is 222 g/mol. The molecule has 3 nitrogen and oxygen atoms in total. The normalized spacial score (nSPS) is 33.8. The molecule has 0 aliphatic carbocycles. The molecule has 2 aliphatic heterocycles. The van der Waals surface area contributed by atoms with Gasteiger partial charge in [-0.25, -0.2) is 4.39 Å². The van der Waals surface area contributed by atoms with Crippen molar-refractivity contribution in [3.05, 3.63) is 24.5 Å². The van der Waals surface area contributed by atoms with Crippen LogP contribution in [-0.4, -0.2) is 36.5 Å². The zero-order chi connectivity index (χ0) is 11.0. The number of piperidine rings is 1. The summed E-state index contributed by atoms with van der Waals surface area (Å²) >= 11 is 0. The number of pyridine rings is 1. The van der Waals surface area contributed by atoms with Gasteiger partial charge in [0.2, 0.25) is 0 Å². The van der Waals surface area contributed by atoms with E-state index in [1.807, 2.05) is 12.1 Å². The van der Waals surface area contributed by atoms with Crippen molar-refractivity contribution in [2.75, 3.05) is 24.6 Å². The number of hydrogen-bond acceptors (Lipinski definition) is 3. The molecule has 1 aromatic heterocycles. The van der Waals surface area contributed by atoms with Gasteiger partial charge >= 0.3 is 0 Å². The first-order valence-electron chi connectivity index (χ1n) is 5.70. The van der Waals surface area contributed by atoms with Crippen molar-refractivity contribution in [2.24, 2.45) is 0 Å². The van der Waals surface area contributed by atoms with E-state index in [0.717, 1.165) is 25.3 Å². The van der Waals surface area contributed by atoms with Crippen LogP contribution in [0.5, 0.6) is 0 Å². The summed E-state index contributed by atoms with van der Waals surface area (Å²) in [7, 11) is 0. The average molecular weight is 222 g/mol. The fourth-order valence-corrected chi connectivity index (χ4v) is 2.61. The minimum Gasteiger partial charge on any atom is -0.373 e. The molecule has 0 bridgehead atoms. The van der Waals surface area contributed by atoms with Crippen LogP contribution in [0.15, 0.2) is 24.5 Å². The first-order chi connectivity index (χ1) is 7.77. The topological polar surface area (TPSA) is 25.4 Å². The van der Waals surface area contributed by atoms with Crippen LogP contribution in [0.1, 0.15) is 12.8 Å². The molecule has 3 rings (SSSR count). The molecule has 2 saturated heterocycles. The smallest absolute Gasteiger partial charge is 0.120 e. The van der Waals surface area contributed by atoms with Gasteiger partial charge in [0.15, 0.2) is 0 Å². The molecular formula is C12H15FN2O. The van der Waals surface area contributed by atoms with E-state index in [0.29, 0.717) is 13.0 Å². The van der Waals surface area contributed by atoms with Crippen molar-refractivity contribution < 1.29 is 9.13 Å². The third kappa shape index (κ3) is 1.67.